The van der Waals surface area contributed by atoms with Gasteiger partial charge in [0.05, 0.1) is 11.3 Å². The first-order valence-corrected chi connectivity index (χ1v) is 7.31. The summed E-state index contributed by atoms with van der Waals surface area (Å²) in [6.45, 7) is 1.84. The monoisotopic (exact) mass is 274 g/mol. The second kappa shape index (κ2) is 5.19. The van der Waals surface area contributed by atoms with Crippen LogP contribution in [-0.2, 0) is 6.54 Å². The van der Waals surface area contributed by atoms with E-state index in [0.29, 0.717) is 25.7 Å². The Bertz CT molecular complexity index is 517. The third kappa shape index (κ3) is 2.34. The van der Waals surface area contributed by atoms with Crippen molar-refractivity contribution in [2.24, 2.45) is 5.16 Å². The van der Waals surface area contributed by atoms with Crippen molar-refractivity contribution in [3.05, 3.63) is 35.4 Å². The van der Waals surface area contributed by atoms with Crippen LogP contribution >= 0.6 is 0 Å². The first kappa shape index (κ1) is 13.6. The van der Waals surface area contributed by atoms with E-state index in [1.54, 1.807) is 0 Å². The van der Waals surface area contributed by atoms with Gasteiger partial charge in [0.1, 0.15) is 0 Å². The van der Waals surface area contributed by atoms with Gasteiger partial charge < -0.3 is 15.2 Å². The number of nitrogens with zero attached hydrogens (tertiary/aromatic N) is 2. The Morgan fingerprint density at radius 3 is 2.65 bits per heavy atom. The molecule has 4 heteroatoms. The summed E-state index contributed by atoms with van der Waals surface area (Å²) in [6.07, 6.45) is 2.74. The van der Waals surface area contributed by atoms with E-state index in [4.69, 9.17) is 5.21 Å². The van der Waals surface area contributed by atoms with Crippen LogP contribution in [0.15, 0.2) is 29.4 Å². The smallest absolute Gasteiger partial charge is 0.0735 e. The third-order valence-electron chi connectivity index (χ3n) is 4.85. The van der Waals surface area contributed by atoms with E-state index < -0.39 is 5.60 Å². The number of oxime groups is 1. The first-order valence-electron chi connectivity index (χ1n) is 7.31. The van der Waals surface area contributed by atoms with Gasteiger partial charge >= 0.3 is 0 Å². The molecule has 1 aliphatic carbocycles. The number of hydrogen-bond donors (Lipinski definition) is 2. The van der Waals surface area contributed by atoms with Gasteiger partial charge in [-0.1, -0.05) is 29.4 Å². The molecular formula is C16H22N2O2. The molecule has 3 rings (SSSR count). The Hall–Kier alpha value is -1.39. The van der Waals surface area contributed by atoms with E-state index in [9.17, 15) is 5.11 Å². The average molecular weight is 274 g/mol. The highest BCUT2D eigenvalue weighted by Gasteiger charge is 2.42. The fourth-order valence-electron chi connectivity index (χ4n) is 3.66. The Morgan fingerprint density at radius 1 is 1.25 bits per heavy atom. The predicted molar refractivity (Wildman–Crippen MR) is 78.2 cm³/mol. The topological polar surface area (TPSA) is 56.1 Å². The highest BCUT2D eigenvalue weighted by atomic mass is 16.4. The van der Waals surface area contributed by atoms with Crippen LogP contribution in [0.5, 0.6) is 0 Å². The zero-order valence-corrected chi connectivity index (χ0v) is 11.9. The lowest BCUT2D eigenvalue weighted by Gasteiger charge is -2.44. The summed E-state index contributed by atoms with van der Waals surface area (Å²) < 4.78 is 0. The van der Waals surface area contributed by atoms with Gasteiger partial charge in [-0.2, -0.15) is 0 Å². The molecule has 0 amide bonds. The van der Waals surface area contributed by atoms with Crippen molar-refractivity contribution >= 4 is 5.71 Å². The van der Waals surface area contributed by atoms with Gasteiger partial charge in [-0.15, -0.1) is 0 Å². The number of hydrogen-bond acceptors (Lipinski definition) is 4. The second-order valence-corrected chi connectivity index (χ2v) is 6.22. The number of aliphatic hydroxyl groups is 1. The van der Waals surface area contributed by atoms with Crippen LogP contribution in [0.1, 0.15) is 42.7 Å². The number of rotatable bonds is 1. The van der Waals surface area contributed by atoms with Crippen molar-refractivity contribution in [3.63, 3.8) is 0 Å². The summed E-state index contributed by atoms with van der Waals surface area (Å²) in [7, 11) is 2.11. The lowest BCUT2D eigenvalue weighted by Crippen LogP contribution is -2.47. The number of likely N-dealkylation sites (N-methyl/N-ethyl adjacent to an activating group) is 1. The molecule has 108 valence electrons. The van der Waals surface area contributed by atoms with Crippen LogP contribution in [0.25, 0.3) is 0 Å². The van der Waals surface area contributed by atoms with Crippen LogP contribution in [0, 0.1) is 0 Å². The molecule has 1 aliphatic heterocycles. The van der Waals surface area contributed by atoms with Gasteiger partial charge in [0.15, 0.2) is 0 Å². The normalized spacial score (nSPS) is 30.9. The largest absolute Gasteiger partial charge is 0.411 e. The Balaban J connectivity index is 1.90. The first-order chi connectivity index (χ1) is 9.62. The summed E-state index contributed by atoms with van der Waals surface area (Å²) in [5, 5.41) is 23.3. The fraction of sp³-hybridized carbons (Fsp3) is 0.562. The fourth-order valence-corrected chi connectivity index (χ4v) is 3.66. The molecule has 1 unspecified atom stereocenters. The summed E-state index contributed by atoms with van der Waals surface area (Å²) >= 11 is 0. The molecule has 2 aliphatic rings. The van der Waals surface area contributed by atoms with Gasteiger partial charge in [-0.25, -0.2) is 0 Å². The van der Waals surface area contributed by atoms with Crippen LogP contribution in [0.2, 0.25) is 0 Å². The van der Waals surface area contributed by atoms with Crippen molar-refractivity contribution < 1.29 is 10.3 Å². The van der Waals surface area contributed by atoms with Crippen molar-refractivity contribution in [2.75, 3.05) is 13.6 Å². The molecule has 0 spiro atoms. The summed E-state index contributed by atoms with van der Waals surface area (Å²) in [5.74, 6) is 0.151. The summed E-state index contributed by atoms with van der Waals surface area (Å²) in [6, 6.07) is 8.44. The minimum Gasteiger partial charge on any atom is -0.411 e. The van der Waals surface area contributed by atoms with Gasteiger partial charge in [0.25, 0.3) is 0 Å². The van der Waals surface area contributed by atoms with E-state index >= 15 is 0 Å². The van der Waals surface area contributed by atoms with Crippen molar-refractivity contribution in [2.45, 2.75) is 43.7 Å². The molecule has 1 aromatic carbocycles. The van der Waals surface area contributed by atoms with E-state index in [1.807, 2.05) is 0 Å². The van der Waals surface area contributed by atoms with Crippen molar-refractivity contribution in [1.82, 2.24) is 4.90 Å². The average Bonchev–Trinajstić information content (AvgIpc) is 2.47. The van der Waals surface area contributed by atoms with Crippen LogP contribution < -0.4 is 0 Å². The van der Waals surface area contributed by atoms with E-state index in [1.165, 1.54) is 11.1 Å². The van der Waals surface area contributed by atoms with Crippen molar-refractivity contribution in [3.8, 4) is 0 Å². The maximum atomic E-state index is 11.1. The Labute approximate surface area is 119 Å². The van der Waals surface area contributed by atoms with E-state index in [2.05, 4.69) is 41.4 Å². The molecule has 0 radical (unpaired) electrons. The highest BCUT2D eigenvalue weighted by Crippen LogP contribution is 2.42. The van der Waals surface area contributed by atoms with Crippen LogP contribution in [-0.4, -0.2) is 40.1 Å². The zero-order valence-electron chi connectivity index (χ0n) is 11.9. The highest BCUT2D eigenvalue weighted by molar-refractivity contribution is 5.84. The quantitative estimate of drug-likeness (QED) is 0.610. The SMILES string of the molecule is CN1Cc2ccccc2C(C2(O)CCC(=NO)CC2)C1. The zero-order chi connectivity index (χ0) is 14.2. The van der Waals surface area contributed by atoms with Gasteiger partial charge in [0, 0.05) is 19.0 Å². The van der Waals surface area contributed by atoms with Crippen LogP contribution in [0.4, 0.5) is 0 Å². The van der Waals surface area contributed by atoms with Gasteiger partial charge in [-0.3, -0.25) is 0 Å². The van der Waals surface area contributed by atoms with Crippen molar-refractivity contribution in [1.29, 1.82) is 0 Å². The molecule has 1 aromatic rings. The molecule has 20 heavy (non-hydrogen) atoms. The molecule has 4 nitrogen and oxygen atoms in total. The minimum absolute atomic E-state index is 0.151. The lowest BCUT2D eigenvalue weighted by molar-refractivity contribution is -0.0202. The molecular weight excluding hydrogens is 252 g/mol. The Morgan fingerprint density at radius 2 is 1.95 bits per heavy atom. The molecule has 1 fully saturated rings. The maximum absolute atomic E-state index is 11.1. The van der Waals surface area contributed by atoms with E-state index in [-0.39, 0.29) is 5.92 Å². The Kier molecular flexibility index (Phi) is 3.52. The molecule has 0 aromatic heterocycles. The predicted octanol–water partition coefficient (Wildman–Crippen LogP) is 2.35. The van der Waals surface area contributed by atoms with Gasteiger partial charge in [-0.05, 0) is 43.9 Å². The number of fused-ring (bicyclic) bond motifs is 1. The third-order valence-corrected chi connectivity index (χ3v) is 4.85. The molecule has 0 saturated heterocycles. The van der Waals surface area contributed by atoms with E-state index in [0.717, 1.165) is 18.8 Å². The van der Waals surface area contributed by atoms with Crippen LogP contribution in [0.3, 0.4) is 0 Å². The summed E-state index contributed by atoms with van der Waals surface area (Å²) in [5.41, 5.74) is 2.74. The molecule has 2 N–H and O–H groups in total. The standard InChI is InChI=1S/C16H22N2O2/c1-18-10-12-4-2-3-5-14(12)15(11-18)16(19)8-6-13(17-20)7-9-16/h2-5,15,19-20H,6-11H2,1H3. The lowest BCUT2D eigenvalue weighted by atomic mass is 9.70. The second-order valence-electron chi connectivity index (χ2n) is 6.22. The molecule has 1 saturated carbocycles. The molecule has 1 heterocycles. The molecule has 0 bridgehead atoms. The maximum Gasteiger partial charge on any atom is 0.0735 e. The number of benzene rings is 1. The minimum atomic E-state index is -0.682. The molecule has 1 atom stereocenters. The summed E-state index contributed by atoms with van der Waals surface area (Å²) in [4.78, 5) is 2.28. The van der Waals surface area contributed by atoms with Gasteiger partial charge in [0.2, 0.25) is 0 Å².